The zero-order valence-corrected chi connectivity index (χ0v) is 27.8. The van der Waals surface area contributed by atoms with Crippen LogP contribution in [0.4, 0.5) is 0 Å². The number of nitriles is 1. The fraction of sp³-hybridized carbons (Fsp3) is 0.128. The van der Waals surface area contributed by atoms with Crippen LogP contribution in [-0.4, -0.2) is 9.97 Å². The second kappa shape index (κ2) is 12.4. The van der Waals surface area contributed by atoms with Crippen LogP contribution in [0, 0.1) is 11.3 Å². The summed E-state index contributed by atoms with van der Waals surface area (Å²) in [6.07, 6.45) is 6.09. The average Bonchev–Trinajstić information content (AvgIpc) is 3.46. The van der Waals surface area contributed by atoms with Gasteiger partial charge in [0.1, 0.15) is 0 Å². The number of fused-ring (bicyclic) bond motifs is 5. The normalized spacial score (nSPS) is 14.1. The van der Waals surface area contributed by atoms with E-state index >= 15 is 0 Å². The predicted octanol–water partition coefficient (Wildman–Crippen LogP) is 11.9. The zero-order valence-electron chi connectivity index (χ0n) is 27.8. The SMILES string of the molecule is N#Cc1ccc2c(c1)-c1c(-c3ccc(-c4cc(-c5ccc(-c6ccccc6)cc5)nc(-c5ccccc5)n4)cc3)cccc1C21CCCCC1. The molecule has 0 N–H and O–H groups in total. The van der Waals surface area contributed by atoms with Crippen LogP contribution in [0.2, 0.25) is 0 Å². The lowest BCUT2D eigenvalue weighted by molar-refractivity contribution is 0.353. The van der Waals surface area contributed by atoms with E-state index in [1.807, 2.05) is 30.3 Å². The first-order valence-electron chi connectivity index (χ1n) is 17.6. The lowest BCUT2D eigenvalue weighted by atomic mass is 9.67. The monoisotopic (exact) mass is 641 g/mol. The number of nitrogens with zero attached hydrogens (tertiary/aromatic N) is 3. The van der Waals surface area contributed by atoms with E-state index in [0.717, 1.165) is 46.5 Å². The molecule has 3 heteroatoms. The van der Waals surface area contributed by atoms with Crippen molar-refractivity contribution in [3.63, 3.8) is 0 Å². The van der Waals surface area contributed by atoms with Crippen molar-refractivity contribution >= 4 is 0 Å². The zero-order chi connectivity index (χ0) is 33.5. The largest absolute Gasteiger partial charge is 0.228 e. The van der Waals surface area contributed by atoms with E-state index < -0.39 is 0 Å². The van der Waals surface area contributed by atoms with E-state index in [1.165, 1.54) is 63.8 Å². The smallest absolute Gasteiger partial charge is 0.160 e. The van der Waals surface area contributed by atoms with Crippen molar-refractivity contribution in [1.82, 2.24) is 9.97 Å². The Labute approximate surface area is 293 Å². The summed E-state index contributed by atoms with van der Waals surface area (Å²) >= 11 is 0. The minimum Gasteiger partial charge on any atom is -0.228 e. The first-order chi connectivity index (χ1) is 24.7. The van der Waals surface area contributed by atoms with Gasteiger partial charge in [-0.15, -0.1) is 0 Å². The van der Waals surface area contributed by atoms with Crippen LogP contribution in [0.15, 0.2) is 152 Å². The van der Waals surface area contributed by atoms with E-state index in [1.54, 1.807) is 0 Å². The van der Waals surface area contributed by atoms with Crippen LogP contribution in [0.25, 0.3) is 67.3 Å². The minimum atomic E-state index is 0.0390. The third kappa shape index (κ3) is 5.13. The van der Waals surface area contributed by atoms with Gasteiger partial charge in [-0.2, -0.15) is 5.26 Å². The molecule has 238 valence electrons. The van der Waals surface area contributed by atoms with Crippen molar-refractivity contribution in [3.05, 3.63) is 168 Å². The molecule has 0 radical (unpaired) electrons. The second-order valence-electron chi connectivity index (χ2n) is 13.6. The summed E-state index contributed by atoms with van der Waals surface area (Å²) in [6.45, 7) is 0. The lowest BCUT2D eigenvalue weighted by Gasteiger charge is -2.36. The van der Waals surface area contributed by atoms with E-state index in [9.17, 15) is 5.26 Å². The average molecular weight is 642 g/mol. The molecule has 2 aliphatic rings. The minimum absolute atomic E-state index is 0.0390. The van der Waals surface area contributed by atoms with Crippen molar-refractivity contribution in [2.75, 3.05) is 0 Å². The molecule has 1 spiro atoms. The van der Waals surface area contributed by atoms with E-state index in [0.29, 0.717) is 5.82 Å². The lowest BCUT2D eigenvalue weighted by Crippen LogP contribution is -2.28. The molecule has 1 heterocycles. The number of hydrogen-bond donors (Lipinski definition) is 0. The first-order valence-corrected chi connectivity index (χ1v) is 17.6. The number of rotatable bonds is 5. The van der Waals surface area contributed by atoms with Crippen LogP contribution in [0.3, 0.4) is 0 Å². The quantitative estimate of drug-likeness (QED) is 0.188. The highest BCUT2D eigenvalue weighted by molar-refractivity contribution is 5.93. The maximum absolute atomic E-state index is 9.83. The summed E-state index contributed by atoms with van der Waals surface area (Å²) in [6, 6.07) is 55.8. The molecule has 7 aromatic rings. The van der Waals surface area contributed by atoms with E-state index in [4.69, 9.17) is 9.97 Å². The van der Waals surface area contributed by atoms with Gasteiger partial charge in [-0.1, -0.05) is 153 Å². The van der Waals surface area contributed by atoms with Gasteiger partial charge in [-0.25, -0.2) is 9.97 Å². The Morgan fingerprint density at radius 3 is 1.68 bits per heavy atom. The molecule has 0 amide bonds. The van der Waals surface area contributed by atoms with Gasteiger partial charge in [-0.3, -0.25) is 0 Å². The summed E-state index contributed by atoms with van der Waals surface area (Å²) in [5.74, 6) is 0.706. The molecule has 0 atom stereocenters. The van der Waals surface area contributed by atoms with E-state index in [-0.39, 0.29) is 5.41 Å². The van der Waals surface area contributed by atoms with Gasteiger partial charge in [0.2, 0.25) is 0 Å². The fourth-order valence-corrected chi connectivity index (χ4v) is 8.30. The molecule has 0 bridgehead atoms. The van der Waals surface area contributed by atoms with Gasteiger partial charge in [0.25, 0.3) is 0 Å². The molecule has 9 rings (SSSR count). The third-order valence-electron chi connectivity index (χ3n) is 10.8. The Morgan fingerprint density at radius 2 is 1.04 bits per heavy atom. The van der Waals surface area contributed by atoms with Crippen molar-refractivity contribution in [2.45, 2.75) is 37.5 Å². The van der Waals surface area contributed by atoms with Gasteiger partial charge >= 0.3 is 0 Å². The topological polar surface area (TPSA) is 49.6 Å². The van der Waals surface area contributed by atoms with Crippen molar-refractivity contribution in [2.24, 2.45) is 0 Å². The molecule has 1 fully saturated rings. The molecule has 1 aromatic heterocycles. The Balaban J connectivity index is 1.12. The molecule has 50 heavy (non-hydrogen) atoms. The standard InChI is InChI=1S/C47H35N3/c48-31-32-17-26-41-40(29-32)45-39(15-10-16-42(45)47(41)27-8-3-9-28-47)35-20-24-37(25-21-35)44-30-43(49-46(50-44)38-13-6-2-7-14-38)36-22-18-34(19-23-36)33-11-4-1-5-12-33/h1-2,4-7,10-26,29-30H,3,8-9,27-28H2. The third-order valence-corrected chi connectivity index (χ3v) is 10.8. The first kappa shape index (κ1) is 30.0. The van der Waals surface area contributed by atoms with Gasteiger partial charge < -0.3 is 0 Å². The van der Waals surface area contributed by atoms with Crippen molar-refractivity contribution in [1.29, 1.82) is 5.26 Å². The molecule has 6 aromatic carbocycles. The van der Waals surface area contributed by atoms with Crippen molar-refractivity contribution < 1.29 is 0 Å². The van der Waals surface area contributed by atoms with Gasteiger partial charge in [0, 0.05) is 22.1 Å². The molecule has 0 aliphatic heterocycles. The van der Waals surface area contributed by atoms with Crippen LogP contribution in [-0.2, 0) is 5.41 Å². The fourth-order valence-electron chi connectivity index (χ4n) is 8.30. The molecule has 3 nitrogen and oxygen atoms in total. The highest BCUT2D eigenvalue weighted by atomic mass is 14.9. The van der Waals surface area contributed by atoms with Crippen LogP contribution >= 0.6 is 0 Å². The van der Waals surface area contributed by atoms with Crippen molar-refractivity contribution in [3.8, 4) is 73.4 Å². The Morgan fingerprint density at radius 1 is 0.460 bits per heavy atom. The van der Waals surface area contributed by atoms with Gasteiger partial charge in [0.15, 0.2) is 5.82 Å². The van der Waals surface area contributed by atoms with Crippen LogP contribution in [0.5, 0.6) is 0 Å². The van der Waals surface area contributed by atoms with Gasteiger partial charge in [0.05, 0.1) is 23.0 Å². The summed E-state index contributed by atoms with van der Waals surface area (Å²) in [4.78, 5) is 10.1. The van der Waals surface area contributed by atoms with Crippen LogP contribution in [0.1, 0.15) is 48.8 Å². The number of benzene rings is 6. The molecule has 0 unspecified atom stereocenters. The Hall–Kier alpha value is -6.11. The highest BCUT2D eigenvalue weighted by Gasteiger charge is 2.44. The molecule has 0 saturated heterocycles. The Bertz CT molecular complexity index is 2380. The number of aromatic nitrogens is 2. The predicted molar refractivity (Wildman–Crippen MR) is 203 cm³/mol. The van der Waals surface area contributed by atoms with Crippen LogP contribution < -0.4 is 0 Å². The summed E-state index contributed by atoms with van der Waals surface area (Å²) < 4.78 is 0. The summed E-state index contributed by atoms with van der Waals surface area (Å²) in [5, 5.41) is 9.83. The summed E-state index contributed by atoms with van der Waals surface area (Å²) in [7, 11) is 0. The molecule has 1 saturated carbocycles. The van der Waals surface area contributed by atoms with E-state index in [2.05, 4.69) is 127 Å². The molecule has 2 aliphatic carbocycles. The molecular formula is C47H35N3. The molecular weight excluding hydrogens is 607 g/mol. The second-order valence-corrected chi connectivity index (χ2v) is 13.6. The maximum atomic E-state index is 9.83. The number of hydrogen-bond acceptors (Lipinski definition) is 3. The summed E-state index contributed by atoms with van der Waals surface area (Å²) in [5.41, 5.74) is 15.7. The Kier molecular flexibility index (Phi) is 7.44. The highest BCUT2D eigenvalue weighted by Crippen LogP contribution is 2.58. The maximum Gasteiger partial charge on any atom is 0.160 e. The van der Waals surface area contributed by atoms with Gasteiger partial charge in [-0.05, 0) is 75.5 Å².